The molecule has 2 atom stereocenters. The second-order valence-electron chi connectivity index (χ2n) is 7.84. The fourth-order valence-corrected chi connectivity index (χ4v) is 4.37. The van der Waals surface area contributed by atoms with Crippen LogP contribution in [0.15, 0.2) is 0 Å². The normalized spacial score (nSPS) is 29.5. The number of rotatable bonds is 1. The van der Waals surface area contributed by atoms with E-state index in [4.69, 9.17) is 4.74 Å². The molecular weight excluding hydrogens is 361 g/mol. The lowest BCUT2D eigenvalue weighted by atomic mass is 9.81. The molecule has 0 aromatic heterocycles. The van der Waals surface area contributed by atoms with Crippen LogP contribution in [0.2, 0.25) is 0 Å². The number of ether oxygens (including phenoxy) is 1. The van der Waals surface area contributed by atoms with E-state index in [1.807, 2.05) is 0 Å². The third-order valence-electron chi connectivity index (χ3n) is 5.87. The quantitative estimate of drug-likeness (QED) is 0.586. The summed E-state index contributed by atoms with van der Waals surface area (Å²) in [5, 5.41) is 0. The largest absolute Gasteiger partial charge is 0.490 e. The molecule has 2 aliphatic rings. The Labute approximate surface area is 158 Å². The van der Waals surface area contributed by atoms with Gasteiger partial charge in [0.2, 0.25) is 0 Å². The van der Waals surface area contributed by atoms with Crippen LogP contribution in [-0.2, 0) is 19.1 Å². The van der Waals surface area contributed by atoms with Gasteiger partial charge in [-0.05, 0) is 38.5 Å². The molecule has 0 aromatic carbocycles. The monoisotopic (exact) mass is 390 g/mol. The summed E-state index contributed by atoms with van der Waals surface area (Å²) in [5.41, 5.74) is -1.72. The summed E-state index contributed by atoms with van der Waals surface area (Å²) in [7, 11) is 0. The highest BCUT2D eigenvalue weighted by Crippen LogP contribution is 2.44. The van der Waals surface area contributed by atoms with E-state index in [-0.39, 0.29) is 25.0 Å². The van der Waals surface area contributed by atoms with Gasteiger partial charge in [0.25, 0.3) is 0 Å². The Morgan fingerprint density at radius 2 is 1.44 bits per heavy atom. The fraction of sp³-hybridized carbons (Fsp3) is 0.850. The van der Waals surface area contributed by atoms with Crippen LogP contribution >= 0.6 is 0 Å². The van der Waals surface area contributed by atoms with Gasteiger partial charge in [0.05, 0.1) is 0 Å². The number of carbonyl (C=O) groups is 3. The van der Waals surface area contributed by atoms with Gasteiger partial charge in [-0.1, -0.05) is 32.1 Å². The van der Waals surface area contributed by atoms with E-state index in [0.29, 0.717) is 32.1 Å². The molecule has 0 N–H and O–H groups in total. The maximum atomic E-state index is 12.9. The van der Waals surface area contributed by atoms with E-state index >= 15 is 0 Å². The van der Waals surface area contributed by atoms with Gasteiger partial charge in [-0.2, -0.15) is 13.2 Å². The number of esters is 1. The Hall–Kier alpha value is -1.40. The standard InChI is InChI=1S/C20H29F3O4/c21-20(22,23)18(26)27-19-14-8-9-15(19)12-13-16(24)10-6-4-2-1-3-5-7-11-17(19)25/h15H,1-14H2. The third kappa shape index (κ3) is 6.04. The summed E-state index contributed by atoms with van der Waals surface area (Å²) in [6.45, 7) is 0. The van der Waals surface area contributed by atoms with Crippen LogP contribution < -0.4 is 0 Å². The van der Waals surface area contributed by atoms with Crippen molar-refractivity contribution >= 4 is 17.5 Å². The van der Waals surface area contributed by atoms with Crippen LogP contribution in [0.25, 0.3) is 0 Å². The highest BCUT2D eigenvalue weighted by molar-refractivity contribution is 5.91. The SMILES string of the molecule is O=C1CCCCCCCCCC(=O)C2(OC(=O)C(F)(F)F)CCCC2CC1. The smallest absolute Gasteiger partial charge is 0.444 e. The van der Waals surface area contributed by atoms with E-state index in [1.54, 1.807) is 0 Å². The van der Waals surface area contributed by atoms with Gasteiger partial charge in [-0.15, -0.1) is 0 Å². The number of alkyl halides is 3. The lowest BCUT2D eigenvalue weighted by molar-refractivity contribution is -0.217. The molecule has 27 heavy (non-hydrogen) atoms. The number of carbonyl (C=O) groups excluding carboxylic acids is 3. The number of hydrogen-bond acceptors (Lipinski definition) is 4. The van der Waals surface area contributed by atoms with E-state index in [9.17, 15) is 27.6 Å². The van der Waals surface area contributed by atoms with Crippen molar-refractivity contribution in [2.75, 3.05) is 0 Å². The number of halogens is 3. The lowest BCUT2D eigenvalue weighted by Crippen LogP contribution is -2.49. The van der Waals surface area contributed by atoms with Crippen molar-refractivity contribution in [3.8, 4) is 0 Å². The van der Waals surface area contributed by atoms with Gasteiger partial charge in [-0.3, -0.25) is 9.59 Å². The average Bonchev–Trinajstić information content (AvgIpc) is 3.00. The Bertz CT molecular complexity index is 544. The molecule has 0 bridgehead atoms. The zero-order valence-corrected chi connectivity index (χ0v) is 15.7. The molecule has 2 unspecified atom stereocenters. The van der Waals surface area contributed by atoms with Crippen LogP contribution in [0.3, 0.4) is 0 Å². The molecule has 154 valence electrons. The molecule has 0 heterocycles. The number of Topliss-reactive ketones (excluding diaryl/α,β-unsaturated/α-hetero) is 2. The van der Waals surface area contributed by atoms with Crippen molar-refractivity contribution in [3.63, 3.8) is 0 Å². The van der Waals surface area contributed by atoms with Crippen LogP contribution in [0.4, 0.5) is 13.2 Å². The first kappa shape index (κ1) is 21.9. The fourth-order valence-electron chi connectivity index (χ4n) is 4.37. The maximum absolute atomic E-state index is 12.9. The molecule has 2 fully saturated rings. The van der Waals surface area contributed by atoms with E-state index < -0.39 is 29.4 Å². The minimum absolute atomic E-state index is 0.0697. The van der Waals surface area contributed by atoms with E-state index in [1.165, 1.54) is 0 Å². The molecule has 0 spiro atoms. The lowest BCUT2D eigenvalue weighted by Gasteiger charge is -2.34. The summed E-state index contributed by atoms with van der Waals surface area (Å²) >= 11 is 0. The first-order valence-corrected chi connectivity index (χ1v) is 10.1. The Morgan fingerprint density at radius 3 is 2.07 bits per heavy atom. The van der Waals surface area contributed by atoms with Crippen LogP contribution in [0.1, 0.15) is 89.9 Å². The van der Waals surface area contributed by atoms with Crippen molar-refractivity contribution in [1.29, 1.82) is 0 Å². The van der Waals surface area contributed by atoms with Crippen molar-refractivity contribution in [1.82, 2.24) is 0 Å². The topological polar surface area (TPSA) is 60.4 Å². The Kier molecular flexibility index (Phi) is 7.86. The molecule has 0 amide bonds. The van der Waals surface area contributed by atoms with Gasteiger partial charge in [0, 0.05) is 25.2 Å². The van der Waals surface area contributed by atoms with Crippen molar-refractivity contribution in [3.05, 3.63) is 0 Å². The summed E-state index contributed by atoms with van der Waals surface area (Å²) in [6.07, 6.45) is 3.43. The maximum Gasteiger partial charge on any atom is 0.490 e. The van der Waals surface area contributed by atoms with Crippen LogP contribution in [-0.4, -0.2) is 29.3 Å². The Morgan fingerprint density at radius 1 is 0.852 bits per heavy atom. The highest BCUT2D eigenvalue weighted by Gasteiger charge is 2.55. The van der Waals surface area contributed by atoms with Crippen LogP contribution in [0.5, 0.6) is 0 Å². The molecule has 0 radical (unpaired) electrons. The molecule has 7 heteroatoms. The minimum atomic E-state index is -5.13. The highest BCUT2D eigenvalue weighted by atomic mass is 19.4. The molecule has 0 aromatic rings. The molecule has 2 saturated carbocycles. The number of fused-ring (bicyclic) bond motifs is 1. The summed E-state index contributed by atoms with van der Waals surface area (Å²) in [6, 6.07) is 0. The van der Waals surface area contributed by atoms with Gasteiger partial charge in [0.15, 0.2) is 11.4 Å². The number of hydrogen-bond donors (Lipinski definition) is 0. The molecule has 4 nitrogen and oxygen atoms in total. The molecule has 0 aliphatic heterocycles. The second kappa shape index (κ2) is 9.69. The third-order valence-corrected chi connectivity index (χ3v) is 5.87. The van der Waals surface area contributed by atoms with E-state index in [2.05, 4.69) is 0 Å². The molecular formula is C20H29F3O4. The first-order chi connectivity index (χ1) is 12.8. The first-order valence-electron chi connectivity index (χ1n) is 10.1. The Balaban J connectivity index is 2.18. The van der Waals surface area contributed by atoms with E-state index in [0.717, 1.165) is 38.5 Å². The number of ketones is 2. The van der Waals surface area contributed by atoms with Crippen molar-refractivity contribution < 1.29 is 32.3 Å². The molecule has 2 rings (SSSR count). The van der Waals surface area contributed by atoms with Crippen LogP contribution in [0, 0.1) is 5.92 Å². The summed E-state index contributed by atoms with van der Waals surface area (Å²) < 4.78 is 43.3. The van der Waals surface area contributed by atoms with Gasteiger partial charge < -0.3 is 4.74 Å². The molecule has 0 saturated heterocycles. The average molecular weight is 390 g/mol. The van der Waals surface area contributed by atoms with Gasteiger partial charge in [0.1, 0.15) is 5.78 Å². The predicted octanol–water partition coefficient (Wildman–Crippen LogP) is 5.07. The molecule has 2 aliphatic carbocycles. The van der Waals surface area contributed by atoms with Gasteiger partial charge in [-0.25, -0.2) is 4.79 Å². The summed E-state index contributed by atoms with van der Waals surface area (Å²) in [4.78, 5) is 36.5. The van der Waals surface area contributed by atoms with Gasteiger partial charge >= 0.3 is 12.1 Å². The zero-order chi connectivity index (χ0) is 19.9. The van der Waals surface area contributed by atoms with Crippen molar-refractivity contribution in [2.45, 2.75) is 102 Å². The zero-order valence-electron chi connectivity index (χ0n) is 15.7. The summed E-state index contributed by atoms with van der Waals surface area (Å²) in [5.74, 6) is -3.15. The minimum Gasteiger partial charge on any atom is -0.444 e. The second-order valence-corrected chi connectivity index (χ2v) is 7.84. The van der Waals surface area contributed by atoms with Crippen molar-refractivity contribution in [2.24, 2.45) is 5.92 Å². The predicted molar refractivity (Wildman–Crippen MR) is 93.0 cm³/mol.